The van der Waals surface area contributed by atoms with Crippen molar-refractivity contribution in [2.24, 2.45) is 4.99 Å². The van der Waals surface area contributed by atoms with Crippen LogP contribution < -0.4 is 4.80 Å². The van der Waals surface area contributed by atoms with Crippen LogP contribution in [-0.4, -0.2) is 10.5 Å². The quantitative estimate of drug-likeness (QED) is 0.673. The van der Waals surface area contributed by atoms with Crippen LogP contribution in [0.25, 0.3) is 10.2 Å². The minimum absolute atomic E-state index is 0.0348. The summed E-state index contributed by atoms with van der Waals surface area (Å²) in [6.45, 7) is 0.115. The molecule has 2 aromatic carbocycles. The Balaban J connectivity index is 2.01. The fourth-order valence-electron chi connectivity index (χ4n) is 2.33. The van der Waals surface area contributed by atoms with E-state index in [4.69, 9.17) is 6.42 Å². The largest absolute Gasteiger partial charge is 0.302 e. The highest BCUT2D eigenvalue weighted by molar-refractivity contribution is 7.16. The molecule has 0 saturated heterocycles. The van der Waals surface area contributed by atoms with Crippen molar-refractivity contribution in [3.05, 3.63) is 64.5 Å². The van der Waals surface area contributed by atoms with Crippen molar-refractivity contribution in [3.63, 3.8) is 0 Å². The monoisotopic (exact) mass is 342 g/mol. The lowest BCUT2D eigenvalue weighted by Gasteiger charge is -2.01. The van der Waals surface area contributed by atoms with Gasteiger partial charge >= 0.3 is 0 Å². The van der Waals surface area contributed by atoms with Crippen molar-refractivity contribution >= 4 is 27.5 Å². The first-order chi connectivity index (χ1) is 11.6. The van der Waals surface area contributed by atoms with Crippen LogP contribution in [0.3, 0.4) is 0 Å². The third-order valence-electron chi connectivity index (χ3n) is 3.39. The van der Waals surface area contributed by atoms with Crippen LogP contribution in [0.2, 0.25) is 0 Å². The Hall–Kier alpha value is -2.78. The Labute approximate surface area is 140 Å². The number of carbonyl (C=O) groups excluding carboxylic acids is 1. The molecular weight excluding hydrogens is 330 g/mol. The maximum atomic E-state index is 14.1. The van der Waals surface area contributed by atoms with Crippen molar-refractivity contribution in [1.82, 2.24) is 4.57 Å². The van der Waals surface area contributed by atoms with Gasteiger partial charge in [0.1, 0.15) is 11.6 Å². The van der Waals surface area contributed by atoms with Gasteiger partial charge < -0.3 is 4.57 Å². The van der Waals surface area contributed by atoms with Crippen LogP contribution in [-0.2, 0) is 17.8 Å². The Morgan fingerprint density at radius 1 is 1.21 bits per heavy atom. The number of nitrogens with zero attached hydrogens (tertiary/aromatic N) is 2. The lowest BCUT2D eigenvalue weighted by molar-refractivity contribution is -0.117. The van der Waals surface area contributed by atoms with E-state index in [0.717, 1.165) is 0 Å². The lowest BCUT2D eigenvalue weighted by Crippen LogP contribution is -2.17. The Kier molecular flexibility index (Phi) is 4.54. The number of rotatable bonds is 3. The molecule has 6 heteroatoms. The van der Waals surface area contributed by atoms with E-state index < -0.39 is 11.7 Å². The smallest absolute Gasteiger partial charge is 0.252 e. The molecule has 1 heterocycles. The summed E-state index contributed by atoms with van der Waals surface area (Å²) < 4.78 is 29.1. The number of aromatic nitrogens is 1. The second-order valence-electron chi connectivity index (χ2n) is 5.07. The second kappa shape index (κ2) is 6.77. The topological polar surface area (TPSA) is 34.4 Å². The van der Waals surface area contributed by atoms with E-state index in [0.29, 0.717) is 20.6 Å². The van der Waals surface area contributed by atoms with Gasteiger partial charge in [0.25, 0.3) is 5.91 Å². The van der Waals surface area contributed by atoms with Gasteiger partial charge in [-0.05, 0) is 29.8 Å². The molecule has 0 aliphatic rings. The molecule has 1 aromatic heterocycles. The summed E-state index contributed by atoms with van der Waals surface area (Å²) in [6, 6.07) is 10.3. The number of terminal acetylenes is 1. The highest BCUT2D eigenvalue weighted by Crippen LogP contribution is 2.20. The third kappa shape index (κ3) is 3.26. The van der Waals surface area contributed by atoms with E-state index in [9.17, 15) is 13.6 Å². The molecule has 0 unspecified atom stereocenters. The van der Waals surface area contributed by atoms with Crippen molar-refractivity contribution in [2.45, 2.75) is 13.0 Å². The first-order valence-electron chi connectivity index (χ1n) is 7.12. The van der Waals surface area contributed by atoms with Gasteiger partial charge in [-0.1, -0.05) is 35.5 Å². The molecule has 0 N–H and O–H groups in total. The molecule has 0 aliphatic carbocycles. The summed E-state index contributed by atoms with van der Waals surface area (Å²) >= 11 is 1.20. The number of hydrogen-bond donors (Lipinski definition) is 0. The van der Waals surface area contributed by atoms with E-state index in [1.54, 1.807) is 12.1 Å². The zero-order chi connectivity index (χ0) is 17.1. The molecule has 0 atom stereocenters. The Morgan fingerprint density at radius 3 is 2.67 bits per heavy atom. The van der Waals surface area contributed by atoms with Crippen LogP contribution in [0.5, 0.6) is 0 Å². The van der Waals surface area contributed by atoms with Crippen LogP contribution in [0.4, 0.5) is 8.78 Å². The number of para-hydroxylation sites is 1. The highest BCUT2D eigenvalue weighted by atomic mass is 32.1. The molecule has 0 aliphatic heterocycles. The van der Waals surface area contributed by atoms with Gasteiger partial charge in [0.05, 0.1) is 23.2 Å². The summed E-state index contributed by atoms with van der Waals surface area (Å²) in [5.41, 5.74) is 0.995. The van der Waals surface area contributed by atoms with Crippen molar-refractivity contribution < 1.29 is 13.6 Å². The average Bonchev–Trinajstić information content (AvgIpc) is 2.89. The van der Waals surface area contributed by atoms with Gasteiger partial charge in [-0.15, -0.1) is 6.42 Å². The van der Waals surface area contributed by atoms with Gasteiger partial charge in [-0.3, -0.25) is 4.79 Å². The maximum Gasteiger partial charge on any atom is 0.252 e. The molecule has 0 fully saturated rings. The highest BCUT2D eigenvalue weighted by Gasteiger charge is 2.11. The van der Waals surface area contributed by atoms with Crippen LogP contribution >= 0.6 is 11.3 Å². The Bertz CT molecular complexity index is 1010. The number of carbonyl (C=O) groups is 1. The SMILES string of the molecule is C#CCn1c(=NC(=O)Cc2ccc(F)cc2)sc2cccc(F)c21. The number of amides is 1. The third-order valence-corrected chi connectivity index (χ3v) is 4.43. The summed E-state index contributed by atoms with van der Waals surface area (Å²) in [5.74, 6) is 1.27. The minimum atomic E-state index is -0.411. The number of fused-ring (bicyclic) bond motifs is 1. The maximum absolute atomic E-state index is 14.1. The molecule has 3 aromatic rings. The molecular formula is C18H12F2N2OS. The van der Waals surface area contributed by atoms with E-state index >= 15 is 0 Å². The predicted octanol–water partition coefficient (Wildman–Crippen LogP) is 3.28. The molecule has 3 rings (SSSR count). The fraction of sp³-hybridized carbons (Fsp3) is 0.111. The summed E-state index contributed by atoms with van der Waals surface area (Å²) in [4.78, 5) is 16.6. The molecule has 120 valence electrons. The molecule has 3 nitrogen and oxygen atoms in total. The standard InChI is InChI=1S/C18H12F2N2OS/c1-2-10-22-17-14(20)4-3-5-15(17)24-18(22)21-16(23)11-12-6-8-13(19)9-7-12/h1,3-9H,10-11H2. The van der Waals surface area contributed by atoms with Crippen molar-refractivity contribution in [3.8, 4) is 12.3 Å². The average molecular weight is 342 g/mol. The first-order valence-corrected chi connectivity index (χ1v) is 7.93. The van der Waals surface area contributed by atoms with Gasteiger partial charge in [-0.2, -0.15) is 4.99 Å². The number of benzene rings is 2. The normalized spacial score (nSPS) is 11.6. The number of thiazole rings is 1. The van der Waals surface area contributed by atoms with Gasteiger partial charge in [0, 0.05) is 0 Å². The van der Waals surface area contributed by atoms with Crippen molar-refractivity contribution in [2.75, 3.05) is 0 Å². The molecule has 0 spiro atoms. The van der Waals surface area contributed by atoms with E-state index in [1.807, 2.05) is 0 Å². The molecule has 1 amide bonds. The number of hydrogen-bond acceptors (Lipinski definition) is 2. The van der Waals surface area contributed by atoms with E-state index in [1.165, 1.54) is 46.2 Å². The summed E-state index contributed by atoms with van der Waals surface area (Å²) in [6.07, 6.45) is 5.38. The summed E-state index contributed by atoms with van der Waals surface area (Å²) in [7, 11) is 0. The Morgan fingerprint density at radius 2 is 1.96 bits per heavy atom. The van der Waals surface area contributed by atoms with Crippen molar-refractivity contribution in [1.29, 1.82) is 0 Å². The van der Waals surface area contributed by atoms with Gasteiger partial charge in [-0.25, -0.2) is 8.78 Å². The van der Waals surface area contributed by atoms with Crippen LogP contribution in [0, 0.1) is 24.0 Å². The van der Waals surface area contributed by atoms with E-state index in [2.05, 4.69) is 10.9 Å². The van der Waals surface area contributed by atoms with Crippen LogP contribution in [0.1, 0.15) is 5.56 Å². The number of halogens is 2. The zero-order valence-corrected chi connectivity index (χ0v) is 13.3. The zero-order valence-electron chi connectivity index (χ0n) is 12.5. The van der Waals surface area contributed by atoms with Gasteiger partial charge in [0.15, 0.2) is 4.80 Å². The van der Waals surface area contributed by atoms with E-state index in [-0.39, 0.29) is 18.8 Å². The van der Waals surface area contributed by atoms with Gasteiger partial charge in [0.2, 0.25) is 0 Å². The minimum Gasteiger partial charge on any atom is -0.302 e. The summed E-state index contributed by atoms with van der Waals surface area (Å²) in [5, 5.41) is 0. The second-order valence-corrected chi connectivity index (χ2v) is 6.08. The molecule has 0 bridgehead atoms. The predicted molar refractivity (Wildman–Crippen MR) is 89.3 cm³/mol. The first kappa shape index (κ1) is 16.1. The van der Waals surface area contributed by atoms with Crippen LogP contribution in [0.15, 0.2) is 47.5 Å². The fourth-order valence-corrected chi connectivity index (χ4v) is 3.39. The molecule has 24 heavy (non-hydrogen) atoms. The molecule has 0 radical (unpaired) electrons. The lowest BCUT2D eigenvalue weighted by atomic mass is 10.1. The molecule has 0 saturated carbocycles.